The van der Waals surface area contributed by atoms with Crippen molar-refractivity contribution in [2.24, 2.45) is 11.8 Å². The molecule has 0 aromatic carbocycles. The molecule has 3 nitrogen and oxygen atoms in total. The zero-order chi connectivity index (χ0) is 15.3. The Morgan fingerprint density at radius 2 is 1.90 bits per heavy atom. The van der Waals surface area contributed by atoms with E-state index in [4.69, 9.17) is 0 Å². The molecule has 0 aliphatic heterocycles. The van der Waals surface area contributed by atoms with E-state index >= 15 is 0 Å². The molecular formula is C18H33N3. The second-order valence-electron chi connectivity index (χ2n) is 7.70. The monoisotopic (exact) mass is 291 g/mol. The van der Waals surface area contributed by atoms with Gasteiger partial charge < -0.3 is 5.32 Å². The Bertz CT molecular complexity index is 416. The van der Waals surface area contributed by atoms with Crippen LogP contribution in [0.3, 0.4) is 0 Å². The van der Waals surface area contributed by atoms with Gasteiger partial charge in [0.05, 0.1) is 6.20 Å². The summed E-state index contributed by atoms with van der Waals surface area (Å²) in [5.74, 6) is 1.63. The number of nitrogens with zero attached hydrogens (tertiary/aromatic N) is 2. The minimum Gasteiger partial charge on any atom is -0.312 e. The standard InChI is InChI=1S/C18H33N3/c1-5-21-14-15(12-20-21)11-16-9-7-6-8-10-17(16)13-19-18(2,3)4/h12,14,16-17,19H,5-11,13H2,1-4H3. The molecule has 1 saturated carbocycles. The van der Waals surface area contributed by atoms with Crippen LogP contribution in [0.25, 0.3) is 0 Å². The van der Waals surface area contributed by atoms with Crippen molar-refractivity contribution in [3.8, 4) is 0 Å². The van der Waals surface area contributed by atoms with E-state index in [0.717, 1.165) is 24.9 Å². The first-order chi connectivity index (χ1) is 9.98. The number of hydrogen-bond donors (Lipinski definition) is 1. The molecule has 0 bridgehead atoms. The van der Waals surface area contributed by atoms with Crippen LogP contribution < -0.4 is 5.32 Å². The molecule has 2 unspecified atom stereocenters. The summed E-state index contributed by atoms with van der Waals surface area (Å²) in [6, 6.07) is 0. The van der Waals surface area contributed by atoms with Crippen LogP contribution >= 0.6 is 0 Å². The summed E-state index contributed by atoms with van der Waals surface area (Å²) in [6.45, 7) is 11.1. The van der Waals surface area contributed by atoms with Gasteiger partial charge in [0.1, 0.15) is 0 Å². The van der Waals surface area contributed by atoms with Gasteiger partial charge in [0.25, 0.3) is 0 Å². The first-order valence-corrected chi connectivity index (χ1v) is 8.74. The van der Waals surface area contributed by atoms with E-state index in [1.807, 2.05) is 0 Å². The zero-order valence-electron chi connectivity index (χ0n) is 14.4. The molecule has 120 valence electrons. The van der Waals surface area contributed by atoms with Crippen LogP contribution in [0.4, 0.5) is 0 Å². The van der Waals surface area contributed by atoms with Gasteiger partial charge in [-0.15, -0.1) is 0 Å². The van der Waals surface area contributed by atoms with E-state index in [9.17, 15) is 0 Å². The summed E-state index contributed by atoms with van der Waals surface area (Å²) < 4.78 is 2.05. The van der Waals surface area contributed by atoms with Crippen LogP contribution in [0.15, 0.2) is 12.4 Å². The topological polar surface area (TPSA) is 29.9 Å². The van der Waals surface area contributed by atoms with E-state index in [-0.39, 0.29) is 5.54 Å². The van der Waals surface area contributed by atoms with E-state index in [0.29, 0.717) is 0 Å². The molecule has 3 heteroatoms. The lowest BCUT2D eigenvalue weighted by Gasteiger charge is -2.29. The maximum atomic E-state index is 4.43. The predicted octanol–water partition coefficient (Wildman–Crippen LogP) is 4.03. The first kappa shape index (κ1) is 16.5. The summed E-state index contributed by atoms with van der Waals surface area (Å²) >= 11 is 0. The quantitative estimate of drug-likeness (QED) is 0.830. The van der Waals surface area contributed by atoms with Crippen molar-refractivity contribution in [1.29, 1.82) is 0 Å². The van der Waals surface area contributed by atoms with Gasteiger partial charge in [0.15, 0.2) is 0 Å². The molecule has 1 aliphatic carbocycles. The third-order valence-electron chi connectivity index (χ3n) is 4.72. The molecule has 1 N–H and O–H groups in total. The molecule has 1 fully saturated rings. The van der Waals surface area contributed by atoms with Gasteiger partial charge in [-0.2, -0.15) is 5.10 Å². The summed E-state index contributed by atoms with van der Waals surface area (Å²) in [5, 5.41) is 8.17. The highest BCUT2D eigenvalue weighted by molar-refractivity contribution is 5.06. The molecule has 0 spiro atoms. The van der Waals surface area contributed by atoms with Crippen LogP contribution in [-0.2, 0) is 13.0 Å². The third-order valence-corrected chi connectivity index (χ3v) is 4.72. The van der Waals surface area contributed by atoms with Crippen molar-refractivity contribution in [3.63, 3.8) is 0 Å². The Hall–Kier alpha value is -0.830. The largest absolute Gasteiger partial charge is 0.312 e. The first-order valence-electron chi connectivity index (χ1n) is 8.74. The SMILES string of the molecule is CCn1cc(CC2CCCCCC2CNC(C)(C)C)cn1. The molecule has 2 atom stereocenters. The van der Waals surface area contributed by atoms with Gasteiger partial charge >= 0.3 is 0 Å². The molecule has 21 heavy (non-hydrogen) atoms. The average molecular weight is 291 g/mol. The molecule has 1 aromatic rings. The Morgan fingerprint density at radius 3 is 2.52 bits per heavy atom. The average Bonchev–Trinajstić information content (AvgIpc) is 2.75. The fourth-order valence-electron chi connectivity index (χ4n) is 3.42. The lowest BCUT2D eigenvalue weighted by molar-refractivity contribution is 0.269. The minimum absolute atomic E-state index is 0.226. The number of rotatable bonds is 5. The summed E-state index contributed by atoms with van der Waals surface area (Å²) in [5.41, 5.74) is 1.65. The summed E-state index contributed by atoms with van der Waals surface area (Å²) in [7, 11) is 0. The molecule has 2 rings (SSSR count). The fourth-order valence-corrected chi connectivity index (χ4v) is 3.42. The molecule has 0 saturated heterocycles. The van der Waals surface area contributed by atoms with E-state index < -0.39 is 0 Å². The van der Waals surface area contributed by atoms with Gasteiger partial charge in [-0.05, 0) is 70.9 Å². The zero-order valence-corrected chi connectivity index (χ0v) is 14.4. The van der Waals surface area contributed by atoms with Crippen molar-refractivity contribution in [2.75, 3.05) is 6.54 Å². The molecule has 0 amide bonds. The number of hydrogen-bond acceptors (Lipinski definition) is 2. The van der Waals surface area contributed by atoms with Crippen molar-refractivity contribution in [3.05, 3.63) is 18.0 Å². The van der Waals surface area contributed by atoms with Crippen LogP contribution in [0, 0.1) is 11.8 Å². The second kappa shape index (κ2) is 7.44. The van der Waals surface area contributed by atoms with E-state index in [1.54, 1.807) is 0 Å². The fraction of sp³-hybridized carbons (Fsp3) is 0.833. The highest BCUT2D eigenvalue weighted by Gasteiger charge is 2.25. The second-order valence-corrected chi connectivity index (χ2v) is 7.70. The number of nitrogens with one attached hydrogen (secondary N) is 1. The Kier molecular flexibility index (Phi) is 5.86. The molecule has 1 aromatic heterocycles. The van der Waals surface area contributed by atoms with Crippen molar-refractivity contribution >= 4 is 0 Å². The summed E-state index contributed by atoms with van der Waals surface area (Å²) in [6.07, 6.45) is 12.5. The minimum atomic E-state index is 0.226. The van der Waals surface area contributed by atoms with Crippen LogP contribution in [0.1, 0.15) is 65.4 Å². The number of aromatic nitrogens is 2. The molecule has 0 radical (unpaired) electrons. The van der Waals surface area contributed by atoms with Crippen molar-refractivity contribution in [2.45, 2.75) is 78.3 Å². The third kappa shape index (κ3) is 5.46. The lowest BCUT2D eigenvalue weighted by atomic mass is 9.83. The van der Waals surface area contributed by atoms with Gasteiger partial charge in [-0.3, -0.25) is 4.68 Å². The maximum Gasteiger partial charge on any atom is 0.0521 e. The summed E-state index contributed by atoms with van der Waals surface area (Å²) in [4.78, 5) is 0. The van der Waals surface area contributed by atoms with Crippen molar-refractivity contribution < 1.29 is 0 Å². The maximum absolute atomic E-state index is 4.43. The molecular weight excluding hydrogens is 258 g/mol. The Balaban J connectivity index is 1.97. The van der Waals surface area contributed by atoms with Gasteiger partial charge in [0, 0.05) is 18.3 Å². The molecule has 1 heterocycles. The number of aryl methyl sites for hydroxylation is 1. The van der Waals surface area contributed by atoms with Gasteiger partial charge in [-0.25, -0.2) is 0 Å². The van der Waals surface area contributed by atoms with Crippen LogP contribution in [0.5, 0.6) is 0 Å². The van der Waals surface area contributed by atoms with Crippen molar-refractivity contribution in [1.82, 2.24) is 15.1 Å². The lowest BCUT2D eigenvalue weighted by Crippen LogP contribution is -2.40. The highest BCUT2D eigenvalue weighted by Crippen LogP contribution is 2.31. The Morgan fingerprint density at radius 1 is 1.19 bits per heavy atom. The highest BCUT2D eigenvalue weighted by atomic mass is 15.3. The van der Waals surface area contributed by atoms with Gasteiger partial charge in [0.2, 0.25) is 0 Å². The smallest absolute Gasteiger partial charge is 0.0521 e. The van der Waals surface area contributed by atoms with Gasteiger partial charge in [-0.1, -0.05) is 19.3 Å². The Labute approximate surface area is 130 Å². The predicted molar refractivity (Wildman–Crippen MR) is 89.4 cm³/mol. The van der Waals surface area contributed by atoms with E-state index in [2.05, 4.69) is 55.2 Å². The normalized spacial score (nSPS) is 24.0. The van der Waals surface area contributed by atoms with E-state index in [1.165, 1.54) is 44.1 Å². The van der Waals surface area contributed by atoms with Crippen LogP contribution in [-0.4, -0.2) is 21.9 Å². The van der Waals surface area contributed by atoms with Crippen LogP contribution in [0.2, 0.25) is 0 Å². The molecule has 1 aliphatic rings.